The van der Waals surface area contributed by atoms with Crippen LogP contribution in [0, 0.1) is 0 Å². The Morgan fingerprint density at radius 3 is 0.913 bits per heavy atom. The molecule has 69 heavy (non-hydrogen) atoms. The smallest absolute Gasteiger partial charge is 0.306 e. The second kappa shape index (κ2) is 57.2. The summed E-state index contributed by atoms with van der Waals surface area (Å²) in [6.45, 7) is 6.42. The summed E-state index contributed by atoms with van der Waals surface area (Å²) in [7, 11) is 0. The number of carbonyl (C=O) groups excluding carboxylic acids is 3. The highest BCUT2D eigenvalue weighted by Gasteiger charge is 2.19. The second-order valence-electron chi connectivity index (χ2n) is 19.2. The summed E-state index contributed by atoms with van der Waals surface area (Å²) in [5, 5.41) is 0. The molecule has 0 rings (SSSR count). The number of allylic oxidation sites excluding steroid dienone is 14. The molecule has 0 saturated heterocycles. The van der Waals surface area contributed by atoms with Gasteiger partial charge in [0.25, 0.3) is 0 Å². The van der Waals surface area contributed by atoms with Gasteiger partial charge >= 0.3 is 17.9 Å². The van der Waals surface area contributed by atoms with Crippen molar-refractivity contribution in [2.75, 3.05) is 13.2 Å². The molecule has 1 unspecified atom stereocenters. The fourth-order valence-corrected chi connectivity index (χ4v) is 8.03. The van der Waals surface area contributed by atoms with Crippen LogP contribution in [0.3, 0.4) is 0 Å². The molecule has 0 heterocycles. The van der Waals surface area contributed by atoms with Gasteiger partial charge in [-0.2, -0.15) is 0 Å². The summed E-state index contributed by atoms with van der Waals surface area (Å²) < 4.78 is 16.7. The van der Waals surface area contributed by atoms with Crippen molar-refractivity contribution in [1.29, 1.82) is 0 Å². The quantitative estimate of drug-likeness (QED) is 0.0262. The highest BCUT2D eigenvalue weighted by molar-refractivity contribution is 5.71. The van der Waals surface area contributed by atoms with Crippen molar-refractivity contribution >= 4 is 17.9 Å². The average Bonchev–Trinajstić information content (AvgIpc) is 3.35. The van der Waals surface area contributed by atoms with Crippen molar-refractivity contribution in [3.63, 3.8) is 0 Å². The highest BCUT2D eigenvalue weighted by atomic mass is 16.6. The van der Waals surface area contributed by atoms with Crippen LogP contribution in [-0.2, 0) is 28.6 Å². The summed E-state index contributed by atoms with van der Waals surface area (Å²) >= 11 is 0. The Balaban J connectivity index is 4.05. The minimum atomic E-state index is -0.776. The third-order valence-corrected chi connectivity index (χ3v) is 12.4. The van der Waals surface area contributed by atoms with Crippen molar-refractivity contribution in [3.8, 4) is 0 Å². The predicted molar refractivity (Wildman–Crippen MR) is 297 cm³/mol. The van der Waals surface area contributed by atoms with E-state index >= 15 is 0 Å². The maximum absolute atomic E-state index is 12.8. The van der Waals surface area contributed by atoms with E-state index in [1.807, 2.05) is 0 Å². The Bertz CT molecular complexity index is 1330. The van der Waals surface area contributed by atoms with E-state index in [9.17, 15) is 14.4 Å². The van der Waals surface area contributed by atoms with Gasteiger partial charge in [0.1, 0.15) is 13.2 Å². The Morgan fingerprint density at radius 2 is 0.565 bits per heavy atom. The van der Waals surface area contributed by atoms with E-state index in [2.05, 4.69) is 106 Å². The number of hydrogen-bond donors (Lipinski definition) is 0. The van der Waals surface area contributed by atoms with Crippen LogP contribution in [0.4, 0.5) is 0 Å². The predicted octanol–water partition coefficient (Wildman–Crippen LogP) is 19.5. The largest absolute Gasteiger partial charge is 0.462 e. The molecule has 0 fully saturated rings. The molecule has 0 aromatic rings. The second-order valence-corrected chi connectivity index (χ2v) is 19.2. The number of ether oxygens (including phenoxy) is 3. The molecule has 6 nitrogen and oxygen atoms in total. The van der Waals surface area contributed by atoms with Gasteiger partial charge in [-0.05, 0) is 96.3 Å². The molecule has 0 aliphatic carbocycles. The molecule has 1 atom stereocenters. The zero-order valence-corrected chi connectivity index (χ0v) is 45.3. The van der Waals surface area contributed by atoms with Crippen LogP contribution in [0.5, 0.6) is 0 Å². The summed E-state index contributed by atoms with van der Waals surface area (Å²) in [6, 6.07) is 0. The van der Waals surface area contributed by atoms with Gasteiger partial charge in [-0.15, -0.1) is 0 Å². The number of unbranched alkanes of at least 4 members (excludes halogenated alkanes) is 27. The summed E-state index contributed by atoms with van der Waals surface area (Å²) in [5.41, 5.74) is 0. The molecule has 0 aromatic carbocycles. The van der Waals surface area contributed by atoms with Crippen molar-refractivity contribution in [1.82, 2.24) is 0 Å². The minimum absolute atomic E-state index is 0.0790. The van der Waals surface area contributed by atoms with E-state index in [0.29, 0.717) is 19.3 Å². The summed E-state index contributed by atoms with van der Waals surface area (Å²) in [6.07, 6.45) is 74.8. The molecular weight excluding hydrogens is 853 g/mol. The molecule has 0 spiro atoms. The van der Waals surface area contributed by atoms with E-state index in [-0.39, 0.29) is 31.1 Å². The van der Waals surface area contributed by atoms with Crippen LogP contribution < -0.4 is 0 Å². The van der Waals surface area contributed by atoms with E-state index in [1.165, 1.54) is 128 Å². The maximum atomic E-state index is 12.8. The fraction of sp³-hybridized carbons (Fsp3) is 0.730. The van der Waals surface area contributed by atoms with Gasteiger partial charge in [0.15, 0.2) is 6.10 Å². The molecule has 0 amide bonds. The first-order valence-electron chi connectivity index (χ1n) is 29.1. The third-order valence-electron chi connectivity index (χ3n) is 12.4. The van der Waals surface area contributed by atoms with Crippen LogP contribution in [0.1, 0.15) is 278 Å². The van der Waals surface area contributed by atoms with Crippen LogP contribution in [0.15, 0.2) is 85.1 Å². The van der Waals surface area contributed by atoms with Crippen molar-refractivity contribution < 1.29 is 28.6 Å². The van der Waals surface area contributed by atoms with E-state index in [1.54, 1.807) is 0 Å². The Morgan fingerprint density at radius 1 is 0.304 bits per heavy atom. The lowest BCUT2D eigenvalue weighted by Crippen LogP contribution is -2.30. The van der Waals surface area contributed by atoms with Crippen LogP contribution in [0.25, 0.3) is 0 Å². The van der Waals surface area contributed by atoms with Crippen molar-refractivity contribution in [2.24, 2.45) is 0 Å². The molecule has 396 valence electrons. The first kappa shape index (κ1) is 65.6. The van der Waals surface area contributed by atoms with Gasteiger partial charge in [-0.25, -0.2) is 0 Å². The van der Waals surface area contributed by atoms with Crippen LogP contribution in [0.2, 0.25) is 0 Å². The van der Waals surface area contributed by atoms with Gasteiger partial charge in [-0.1, -0.05) is 247 Å². The van der Waals surface area contributed by atoms with E-state index in [4.69, 9.17) is 14.2 Å². The highest BCUT2D eigenvalue weighted by Crippen LogP contribution is 2.16. The molecule has 0 aliphatic heterocycles. The molecule has 6 heteroatoms. The summed E-state index contributed by atoms with van der Waals surface area (Å²) in [4.78, 5) is 37.8. The van der Waals surface area contributed by atoms with Crippen LogP contribution in [-0.4, -0.2) is 37.2 Å². The maximum Gasteiger partial charge on any atom is 0.306 e. The lowest BCUT2D eigenvalue weighted by atomic mass is 10.0. The first-order chi connectivity index (χ1) is 34.0. The van der Waals surface area contributed by atoms with Crippen molar-refractivity contribution in [3.05, 3.63) is 85.1 Å². The van der Waals surface area contributed by atoms with E-state index < -0.39 is 6.10 Å². The fourth-order valence-electron chi connectivity index (χ4n) is 8.03. The average molecular weight is 962 g/mol. The SMILES string of the molecule is CC/C=C\C/C=C\C/C=C\C/C=C\C/C=C\CCCCCCCCCCCCCCCC(=O)OCC(COC(=O)CCCCCCC)OC(=O)CCCCCCCCC/C=C\C/C=C\CCCCC. The number of rotatable bonds is 52. The monoisotopic (exact) mass is 961 g/mol. The Labute approximate surface area is 426 Å². The molecule has 0 radical (unpaired) electrons. The number of hydrogen-bond acceptors (Lipinski definition) is 6. The normalized spacial score (nSPS) is 12.7. The Hall–Kier alpha value is -3.41. The van der Waals surface area contributed by atoms with Gasteiger partial charge in [0.05, 0.1) is 0 Å². The third kappa shape index (κ3) is 55.4. The zero-order chi connectivity index (χ0) is 50.0. The molecule has 0 aliphatic rings. The number of esters is 3. The topological polar surface area (TPSA) is 78.9 Å². The molecular formula is C63H108O6. The minimum Gasteiger partial charge on any atom is -0.462 e. The van der Waals surface area contributed by atoms with Gasteiger partial charge in [-0.3, -0.25) is 14.4 Å². The van der Waals surface area contributed by atoms with Crippen LogP contribution >= 0.6 is 0 Å². The van der Waals surface area contributed by atoms with E-state index in [0.717, 1.165) is 109 Å². The zero-order valence-electron chi connectivity index (χ0n) is 45.3. The molecule has 0 saturated carbocycles. The van der Waals surface area contributed by atoms with Gasteiger partial charge in [0.2, 0.25) is 0 Å². The Kier molecular flexibility index (Phi) is 54.3. The molecule has 0 bridgehead atoms. The first-order valence-corrected chi connectivity index (χ1v) is 29.1. The standard InChI is InChI=1S/C63H108O6/c1-4-7-10-13-15-17-19-21-23-25-26-27-28-29-30-31-32-33-34-35-36-38-39-41-43-45-47-50-53-56-62(65)68-59-60(58-67-61(64)55-52-49-12-9-6-3)69-63(66)57-54-51-48-46-44-42-40-37-24-22-20-18-16-14-11-8-5-2/h7,10,15-18,21-24,26-27,29-30,60H,4-6,8-9,11-14,19-20,25,28,31-59H2,1-3H3/b10-7-,17-15-,18-16-,23-21-,24-22-,27-26-,30-29-. The van der Waals surface area contributed by atoms with Gasteiger partial charge in [0, 0.05) is 19.3 Å². The number of carbonyl (C=O) groups is 3. The van der Waals surface area contributed by atoms with Gasteiger partial charge < -0.3 is 14.2 Å². The summed E-state index contributed by atoms with van der Waals surface area (Å²) in [5.74, 6) is -0.897. The lowest BCUT2D eigenvalue weighted by molar-refractivity contribution is -0.167. The molecule has 0 aromatic heterocycles. The lowest BCUT2D eigenvalue weighted by Gasteiger charge is -2.18. The molecule has 0 N–H and O–H groups in total. The van der Waals surface area contributed by atoms with Crippen molar-refractivity contribution in [2.45, 2.75) is 284 Å².